The number of anilines is 2. The van der Waals surface area contributed by atoms with Gasteiger partial charge in [-0.05, 0) is 42.8 Å². The molecule has 3 aromatic carbocycles. The number of fused-ring (bicyclic) bond motifs is 1. The van der Waals surface area contributed by atoms with Gasteiger partial charge in [0.2, 0.25) is 5.91 Å². The van der Waals surface area contributed by atoms with Crippen molar-refractivity contribution in [1.82, 2.24) is 0 Å². The SMILES string of the molecule is Cc1ccc(Cl)cc1NC(=O)CN1C(=O)[C@@](O)(c2cccc(F)c2)c2ccccc21. The summed E-state index contributed by atoms with van der Waals surface area (Å²) < 4.78 is 13.8. The van der Waals surface area contributed by atoms with Crippen molar-refractivity contribution >= 4 is 34.8 Å². The number of benzene rings is 3. The van der Waals surface area contributed by atoms with Gasteiger partial charge in [-0.15, -0.1) is 0 Å². The van der Waals surface area contributed by atoms with Crippen LogP contribution in [0.15, 0.2) is 66.7 Å². The number of aliphatic hydroxyl groups is 1. The van der Waals surface area contributed by atoms with E-state index in [4.69, 9.17) is 11.6 Å². The molecule has 4 rings (SSSR count). The summed E-state index contributed by atoms with van der Waals surface area (Å²) in [5.41, 5.74) is 0.0726. The molecule has 0 unspecified atom stereocenters. The Kier molecular flexibility index (Phi) is 5.05. The Morgan fingerprint density at radius 2 is 1.90 bits per heavy atom. The smallest absolute Gasteiger partial charge is 0.268 e. The highest BCUT2D eigenvalue weighted by atomic mass is 35.5. The number of hydrogen-bond acceptors (Lipinski definition) is 3. The van der Waals surface area contributed by atoms with E-state index in [0.717, 1.165) is 11.6 Å². The van der Waals surface area contributed by atoms with Crippen LogP contribution in [0.4, 0.5) is 15.8 Å². The first kappa shape index (κ1) is 20.1. The summed E-state index contributed by atoms with van der Waals surface area (Å²) in [5, 5.41) is 14.6. The van der Waals surface area contributed by atoms with Crippen LogP contribution >= 0.6 is 11.6 Å². The molecule has 0 bridgehead atoms. The van der Waals surface area contributed by atoms with E-state index in [9.17, 15) is 19.1 Å². The molecule has 1 heterocycles. The molecule has 5 nitrogen and oxygen atoms in total. The van der Waals surface area contributed by atoms with E-state index in [2.05, 4.69) is 5.32 Å². The van der Waals surface area contributed by atoms with Crippen LogP contribution in [0.25, 0.3) is 0 Å². The molecule has 1 aliphatic rings. The second-order valence-corrected chi connectivity index (χ2v) is 7.57. The van der Waals surface area contributed by atoms with Gasteiger partial charge in [-0.25, -0.2) is 4.39 Å². The average Bonchev–Trinajstić information content (AvgIpc) is 2.94. The van der Waals surface area contributed by atoms with Crippen LogP contribution in [0.2, 0.25) is 5.02 Å². The third-order valence-electron chi connectivity index (χ3n) is 5.16. The van der Waals surface area contributed by atoms with Gasteiger partial charge >= 0.3 is 0 Å². The van der Waals surface area contributed by atoms with Crippen LogP contribution in [-0.2, 0) is 15.2 Å². The summed E-state index contributed by atoms with van der Waals surface area (Å²) in [6.07, 6.45) is 0. The molecule has 0 saturated heterocycles. The molecule has 0 aromatic heterocycles. The van der Waals surface area contributed by atoms with E-state index in [-0.39, 0.29) is 12.1 Å². The maximum absolute atomic E-state index is 13.8. The molecule has 3 aromatic rings. The van der Waals surface area contributed by atoms with E-state index >= 15 is 0 Å². The van der Waals surface area contributed by atoms with Crippen LogP contribution < -0.4 is 10.2 Å². The highest BCUT2D eigenvalue weighted by molar-refractivity contribution is 6.31. The highest BCUT2D eigenvalue weighted by Crippen LogP contribution is 2.44. The summed E-state index contributed by atoms with van der Waals surface area (Å²) in [4.78, 5) is 27.2. The normalized spacial score (nSPS) is 17.7. The first-order chi connectivity index (χ1) is 14.3. The van der Waals surface area contributed by atoms with E-state index in [0.29, 0.717) is 22.0 Å². The van der Waals surface area contributed by atoms with Crippen molar-refractivity contribution in [1.29, 1.82) is 0 Å². The number of rotatable bonds is 4. The number of nitrogens with zero attached hydrogens (tertiary/aromatic N) is 1. The van der Waals surface area contributed by atoms with Crippen molar-refractivity contribution in [3.05, 3.63) is 94.3 Å². The fraction of sp³-hybridized carbons (Fsp3) is 0.130. The lowest BCUT2D eigenvalue weighted by Crippen LogP contribution is -2.44. The number of carbonyl (C=O) groups excluding carboxylic acids is 2. The van der Waals surface area contributed by atoms with E-state index < -0.39 is 23.2 Å². The second kappa shape index (κ2) is 7.55. The van der Waals surface area contributed by atoms with Crippen LogP contribution in [0.1, 0.15) is 16.7 Å². The van der Waals surface area contributed by atoms with Gasteiger partial charge in [0, 0.05) is 21.8 Å². The zero-order valence-corrected chi connectivity index (χ0v) is 16.8. The van der Waals surface area contributed by atoms with Gasteiger partial charge in [-0.3, -0.25) is 14.5 Å². The quantitative estimate of drug-likeness (QED) is 0.665. The maximum atomic E-state index is 13.8. The summed E-state index contributed by atoms with van der Waals surface area (Å²) in [6, 6.07) is 17.0. The van der Waals surface area contributed by atoms with Gasteiger partial charge < -0.3 is 10.4 Å². The minimum Gasteiger partial charge on any atom is -0.372 e. The monoisotopic (exact) mass is 424 g/mol. The molecule has 2 amide bonds. The van der Waals surface area contributed by atoms with Crippen molar-refractivity contribution < 1.29 is 19.1 Å². The number of nitrogens with one attached hydrogen (secondary N) is 1. The van der Waals surface area contributed by atoms with Gasteiger partial charge in [-0.1, -0.05) is 48.0 Å². The van der Waals surface area contributed by atoms with Gasteiger partial charge in [0.05, 0.1) is 5.69 Å². The molecule has 0 fully saturated rings. The summed E-state index contributed by atoms with van der Waals surface area (Å²) >= 11 is 6.00. The highest BCUT2D eigenvalue weighted by Gasteiger charge is 2.51. The molecule has 1 atom stereocenters. The molecule has 2 N–H and O–H groups in total. The Morgan fingerprint density at radius 3 is 2.67 bits per heavy atom. The molecule has 0 aliphatic carbocycles. The third-order valence-corrected chi connectivity index (χ3v) is 5.39. The molecule has 152 valence electrons. The number of carbonyl (C=O) groups is 2. The molecule has 7 heteroatoms. The first-order valence-electron chi connectivity index (χ1n) is 9.26. The standard InChI is InChI=1S/C23H18ClFN2O3/c1-14-9-10-16(24)12-19(14)26-21(28)13-27-20-8-3-2-7-18(20)23(30,22(27)29)15-5-4-6-17(25)11-15/h2-12,30H,13H2,1H3,(H,26,28)/t23-/m1/s1. The van der Waals surface area contributed by atoms with Crippen molar-refractivity contribution in [3.63, 3.8) is 0 Å². The molecular formula is C23H18ClFN2O3. The predicted octanol–water partition coefficient (Wildman–Crippen LogP) is 4.01. The minimum atomic E-state index is -2.08. The summed E-state index contributed by atoms with van der Waals surface area (Å²) in [6.45, 7) is 1.50. The number of amides is 2. The van der Waals surface area contributed by atoms with Crippen molar-refractivity contribution in [2.45, 2.75) is 12.5 Å². The Bertz CT molecular complexity index is 1170. The van der Waals surface area contributed by atoms with E-state index in [1.54, 1.807) is 42.5 Å². The number of aryl methyl sites for hydroxylation is 1. The third kappa shape index (κ3) is 3.34. The topological polar surface area (TPSA) is 69.6 Å². The fourth-order valence-corrected chi connectivity index (χ4v) is 3.82. The van der Waals surface area contributed by atoms with Gasteiger partial charge in [-0.2, -0.15) is 0 Å². The first-order valence-corrected chi connectivity index (χ1v) is 9.64. The second-order valence-electron chi connectivity index (χ2n) is 7.14. The van der Waals surface area contributed by atoms with Crippen LogP contribution in [-0.4, -0.2) is 23.5 Å². The van der Waals surface area contributed by atoms with Crippen LogP contribution in [0.5, 0.6) is 0 Å². The fourth-order valence-electron chi connectivity index (χ4n) is 3.65. The Hall–Kier alpha value is -3.22. The average molecular weight is 425 g/mol. The number of halogens is 2. The molecule has 30 heavy (non-hydrogen) atoms. The van der Waals surface area contributed by atoms with E-state index in [1.165, 1.54) is 23.1 Å². The van der Waals surface area contributed by atoms with Gasteiger partial charge in [0.25, 0.3) is 5.91 Å². The zero-order chi connectivity index (χ0) is 21.5. The van der Waals surface area contributed by atoms with Crippen molar-refractivity contribution in [2.75, 3.05) is 16.8 Å². The van der Waals surface area contributed by atoms with Gasteiger partial charge in [0.15, 0.2) is 5.60 Å². The molecule has 1 aliphatic heterocycles. The van der Waals surface area contributed by atoms with Crippen LogP contribution in [0.3, 0.4) is 0 Å². The van der Waals surface area contributed by atoms with Crippen LogP contribution in [0, 0.1) is 12.7 Å². The lowest BCUT2D eigenvalue weighted by Gasteiger charge is -2.23. The van der Waals surface area contributed by atoms with E-state index in [1.807, 2.05) is 6.92 Å². The molecular weight excluding hydrogens is 407 g/mol. The Labute approximate surface area is 177 Å². The lowest BCUT2D eigenvalue weighted by molar-refractivity contribution is -0.133. The minimum absolute atomic E-state index is 0.105. The zero-order valence-electron chi connectivity index (χ0n) is 16.0. The summed E-state index contributed by atoms with van der Waals surface area (Å²) in [7, 11) is 0. The van der Waals surface area contributed by atoms with Crippen molar-refractivity contribution in [3.8, 4) is 0 Å². The number of para-hydroxylation sites is 1. The molecule has 0 spiro atoms. The van der Waals surface area contributed by atoms with Crippen molar-refractivity contribution in [2.24, 2.45) is 0 Å². The van der Waals surface area contributed by atoms with Gasteiger partial charge in [0.1, 0.15) is 12.4 Å². The molecule has 0 saturated carbocycles. The number of hydrogen-bond donors (Lipinski definition) is 2. The lowest BCUT2D eigenvalue weighted by atomic mass is 9.87. The molecule has 0 radical (unpaired) electrons. The largest absolute Gasteiger partial charge is 0.372 e. The Balaban J connectivity index is 1.67. The Morgan fingerprint density at radius 1 is 1.13 bits per heavy atom. The predicted molar refractivity (Wildman–Crippen MR) is 113 cm³/mol. The summed E-state index contributed by atoms with van der Waals surface area (Å²) in [5.74, 6) is -1.74. The maximum Gasteiger partial charge on any atom is 0.268 e.